The number of nitrogens with zero attached hydrogens (tertiary/aromatic N) is 2. The predicted molar refractivity (Wildman–Crippen MR) is 63.4 cm³/mol. The van der Waals surface area contributed by atoms with Gasteiger partial charge in [-0.25, -0.2) is 10.2 Å². The summed E-state index contributed by atoms with van der Waals surface area (Å²) in [4.78, 5) is 35.6. The summed E-state index contributed by atoms with van der Waals surface area (Å²) in [6, 6.07) is -0.905. The molecule has 0 aliphatic carbocycles. The number of nitrogens with one attached hydrogen (secondary N) is 1. The lowest BCUT2D eigenvalue weighted by atomic mass is 10.1. The van der Waals surface area contributed by atoms with Crippen LogP contribution in [0.25, 0.3) is 0 Å². The molecule has 0 bridgehead atoms. The molecule has 0 aromatic heterocycles. The van der Waals surface area contributed by atoms with Gasteiger partial charge in [-0.1, -0.05) is 0 Å². The number of carboxylic acid groups (broad SMARTS) is 1. The first-order chi connectivity index (χ1) is 9.02. The molecule has 0 radical (unpaired) electrons. The summed E-state index contributed by atoms with van der Waals surface area (Å²) in [5, 5.41) is 12.8. The van der Waals surface area contributed by atoms with E-state index in [2.05, 4.69) is 10.5 Å². The standard InChI is InChI=1S/C11H15N3O5/c1-19-6-4-8(11(17)18)14(5-6)10(16)7-2-3-9(15)13-12-7/h6,8H,2-5H2,1H3,(H,13,15)(H,17,18). The monoisotopic (exact) mass is 269 g/mol. The molecule has 8 nitrogen and oxygen atoms in total. The Morgan fingerprint density at radius 3 is 2.74 bits per heavy atom. The molecule has 1 saturated heterocycles. The summed E-state index contributed by atoms with van der Waals surface area (Å²) in [6.07, 6.45) is 0.385. The van der Waals surface area contributed by atoms with Crippen LogP contribution < -0.4 is 5.43 Å². The third-order valence-corrected chi connectivity index (χ3v) is 3.29. The van der Waals surface area contributed by atoms with Gasteiger partial charge in [-0.2, -0.15) is 5.10 Å². The van der Waals surface area contributed by atoms with Crippen LogP contribution in [0.3, 0.4) is 0 Å². The number of hydrogen-bond acceptors (Lipinski definition) is 5. The minimum atomic E-state index is -1.06. The number of hydrazone groups is 1. The molecule has 0 aromatic carbocycles. The van der Waals surface area contributed by atoms with Gasteiger partial charge in [0.05, 0.1) is 6.10 Å². The van der Waals surface area contributed by atoms with Gasteiger partial charge in [-0.05, 0) is 0 Å². The highest BCUT2D eigenvalue weighted by atomic mass is 16.5. The number of carboxylic acids is 1. The number of ether oxygens (including phenoxy) is 1. The van der Waals surface area contributed by atoms with E-state index >= 15 is 0 Å². The van der Waals surface area contributed by atoms with Crippen LogP contribution in [-0.2, 0) is 19.1 Å². The normalized spacial score (nSPS) is 26.9. The number of rotatable bonds is 3. The van der Waals surface area contributed by atoms with E-state index in [-0.39, 0.29) is 43.5 Å². The molecule has 2 aliphatic heterocycles. The van der Waals surface area contributed by atoms with Crippen LogP contribution in [0.5, 0.6) is 0 Å². The van der Waals surface area contributed by atoms with E-state index in [1.54, 1.807) is 0 Å². The van der Waals surface area contributed by atoms with Crippen molar-refractivity contribution in [3.63, 3.8) is 0 Å². The molecule has 2 rings (SSSR count). The lowest BCUT2D eigenvalue weighted by Gasteiger charge is -2.23. The number of carbonyl (C=O) groups is 3. The first kappa shape index (κ1) is 13.5. The third kappa shape index (κ3) is 2.73. The Morgan fingerprint density at radius 1 is 1.47 bits per heavy atom. The SMILES string of the molecule is COC1CC(C(=O)O)N(C(=O)C2=NNC(=O)CC2)C1. The predicted octanol–water partition coefficient (Wildman–Crippen LogP) is -1.05. The lowest BCUT2D eigenvalue weighted by Crippen LogP contribution is -2.45. The molecule has 2 unspecified atom stereocenters. The van der Waals surface area contributed by atoms with Gasteiger partial charge in [-0.15, -0.1) is 0 Å². The third-order valence-electron chi connectivity index (χ3n) is 3.29. The van der Waals surface area contributed by atoms with Crippen LogP contribution >= 0.6 is 0 Å². The number of likely N-dealkylation sites (tertiary alicyclic amines) is 1. The van der Waals surface area contributed by atoms with Gasteiger partial charge in [0.15, 0.2) is 0 Å². The van der Waals surface area contributed by atoms with Crippen molar-refractivity contribution >= 4 is 23.5 Å². The van der Waals surface area contributed by atoms with Crippen molar-refractivity contribution < 1.29 is 24.2 Å². The van der Waals surface area contributed by atoms with Crippen molar-refractivity contribution in [2.75, 3.05) is 13.7 Å². The largest absolute Gasteiger partial charge is 0.480 e. The number of aliphatic carboxylic acids is 1. The Morgan fingerprint density at radius 2 is 2.21 bits per heavy atom. The quantitative estimate of drug-likeness (QED) is 0.679. The molecule has 0 saturated carbocycles. The van der Waals surface area contributed by atoms with Crippen molar-refractivity contribution in [1.82, 2.24) is 10.3 Å². The zero-order chi connectivity index (χ0) is 14.0. The van der Waals surface area contributed by atoms with E-state index in [0.29, 0.717) is 0 Å². The molecule has 2 N–H and O–H groups in total. The summed E-state index contributed by atoms with van der Waals surface area (Å²) < 4.78 is 5.11. The highest BCUT2D eigenvalue weighted by Gasteiger charge is 2.41. The molecule has 0 spiro atoms. The number of methoxy groups -OCH3 is 1. The van der Waals surface area contributed by atoms with Crippen LogP contribution in [-0.4, -0.2) is 59.3 Å². The van der Waals surface area contributed by atoms with E-state index in [9.17, 15) is 14.4 Å². The van der Waals surface area contributed by atoms with Gasteiger partial charge in [-0.3, -0.25) is 9.59 Å². The molecule has 2 atom stereocenters. The molecule has 2 aliphatic rings. The molecule has 0 aromatic rings. The maximum absolute atomic E-state index is 12.2. The first-order valence-corrected chi connectivity index (χ1v) is 5.95. The van der Waals surface area contributed by atoms with Gasteiger partial charge in [0.2, 0.25) is 5.91 Å². The van der Waals surface area contributed by atoms with E-state index in [1.807, 2.05) is 0 Å². The lowest BCUT2D eigenvalue weighted by molar-refractivity contribution is -0.146. The second-order valence-corrected chi connectivity index (χ2v) is 4.50. The van der Waals surface area contributed by atoms with Crippen molar-refractivity contribution in [3.05, 3.63) is 0 Å². The number of carbonyl (C=O) groups excluding carboxylic acids is 2. The summed E-state index contributed by atoms with van der Waals surface area (Å²) in [7, 11) is 1.48. The van der Waals surface area contributed by atoms with Crippen LogP contribution in [0.4, 0.5) is 0 Å². The zero-order valence-electron chi connectivity index (χ0n) is 10.5. The van der Waals surface area contributed by atoms with Gasteiger partial charge in [0.1, 0.15) is 11.8 Å². The smallest absolute Gasteiger partial charge is 0.326 e. The fraction of sp³-hybridized carbons (Fsp3) is 0.636. The molecule has 8 heteroatoms. The van der Waals surface area contributed by atoms with E-state index in [1.165, 1.54) is 12.0 Å². The molecule has 104 valence electrons. The average Bonchev–Trinajstić information content (AvgIpc) is 2.83. The molecule has 2 heterocycles. The van der Waals surface area contributed by atoms with Crippen LogP contribution in [0, 0.1) is 0 Å². The van der Waals surface area contributed by atoms with Gasteiger partial charge in [0, 0.05) is 32.9 Å². The fourth-order valence-electron chi connectivity index (χ4n) is 2.22. The van der Waals surface area contributed by atoms with Gasteiger partial charge in [0.25, 0.3) is 5.91 Å². The molecular weight excluding hydrogens is 254 g/mol. The van der Waals surface area contributed by atoms with Crippen molar-refractivity contribution in [3.8, 4) is 0 Å². The van der Waals surface area contributed by atoms with Gasteiger partial charge >= 0.3 is 5.97 Å². The Kier molecular flexibility index (Phi) is 3.79. The van der Waals surface area contributed by atoms with Crippen molar-refractivity contribution in [2.24, 2.45) is 5.10 Å². The summed E-state index contributed by atoms with van der Waals surface area (Å²) in [5.74, 6) is -1.76. The summed E-state index contributed by atoms with van der Waals surface area (Å²) in [5.41, 5.74) is 2.41. The second-order valence-electron chi connectivity index (χ2n) is 4.50. The average molecular weight is 269 g/mol. The Hall–Kier alpha value is -1.96. The molecule has 1 fully saturated rings. The Labute approximate surface area is 109 Å². The van der Waals surface area contributed by atoms with Crippen LogP contribution in [0.2, 0.25) is 0 Å². The minimum absolute atomic E-state index is 0.183. The van der Waals surface area contributed by atoms with Crippen LogP contribution in [0.15, 0.2) is 5.10 Å². The highest BCUT2D eigenvalue weighted by Crippen LogP contribution is 2.21. The molecule has 19 heavy (non-hydrogen) atoms. The summed E-state index contributed by atoms with van der Waals surface area (Å²) >= 11 is 0. The van der Waals surface area contributed by atoms with E-state index in [4.69, 9.17) is 9.84 Å². The topological polar surface area (TPSA) is 108 Å². The number of amides is 2. The van der Waals surface area contributed by atoms with Gasteiger partial charge < -0.3 is 14.7 Å². The van der Waals surface area contributed by atoms with Crippen molar-refractivity contribution in [1.29, 1.82) is 0 Å². The van der Waals surface area contributed by atoms with E-state index < -0.39 is 17.9 Å². The minimum Gasteiger partial charge on any atom is -0.480 e. The fourth-order valence-corrected chi connectivity index (χ4v) is 2.22. The Balaban J connectivity index is 2.13. The zero-order valence-corrected chi connectivity index (χ0v) is 10.5. The molecular formula is C11H15N3O5. The Bertz CT molecular complexity index is 448. The van der Waals surface area contributed by atoms with E-state index in [0.717, 1.165) is 0 Å². The van der Waals surface area contributed by atoms with Crippen molar-refractivity contribution in [2.45, 2.75) is 31.4 Å². The molecule has 2 amide bonds. The first-order valence-electron chi connectivity index (χ1n) is 5.95. The maximum atomic E-state index is 12.2. The van der Waals surface area contributed by atoms with Crippen LogP contribution in [0.1, 0.15) is 19.3 Å². The maximum Gasteiger partial charge on any atom is 0.326 e. The second kappa shape index (κ2) is 5.35. The highest BCUT2D eigenvalue weighted by molar-refractivity contribution is 6.39. The number of hydrogen-bond donors (Lipinski definition) is 2. The summed E-state index contributed by atoms with van der Waals surface area (Å²) in [6.45, 7) is 0.221.